The van der Waals surface area contributed by atoms with Gasteiger partial charge in [-0.05, 0) is 31.7 Å². The molecule has 1 aliphatic carbocycles. The zero-order valence-corrected chi connectivity index (χ0v) is 7.29. The van der Waals surface area contributed by atoms with Crippen molar-refractivity contribution in [2.24, 2.45) is 11.7 Å². The number of piperidine rings is 1. The predicted molar refractivity (Wildman–Crippen MR) is 46.4 cm³/mol. The largest absolute Gasteiger partial charge is 0.326 e. The van der Waals surface area contributed by atoms with Gasteiger partial charge in [-0.25, -0.2) is 0 Å². The molecule has 2 nitrogen and oxygen atoms in total. The Morgan fingerprint density at radius 3 is 3.00 bits per heavy atom. The topological polar surface area (TPSA) is 29.3 Å². The van der Waals surface area contributed by atoms with Gasteiger partial charge >= 0.3 is 0 Å². The third-order valence-corrected chi connectivity index (χ3v) is 3.42. The molecule has 0 spiro atoms. The zero-order valence-electron chi connectivity index (χ0n) is 7.29. The van der Waals surface area contributed by atoms with Crippen LogP contribution in [0.15, 0.2) is 0 Å². The molecule has 2 aliphatic rings. The SMILES string of the molecule is CCN1CC(N)C2CCC1C2. The van der Waals surface area contributed by atoms with Gasteiger partial charge in [0.1, 0.15) is 0 Å². The first kappa shape index (κ1) is 7.56. The van der Waals surface area contributed by atoms with E-state index in [-0.39, 0.29) is 0 Å². The lowest BCUT2D eigenvalue weighted by molar-refractivity contribution is 0.146. The summed E-state index contributed by atoms with van der Waals surface area (Å²) in [5.41, 5.74) is 6.04. The summed E-state index contributed by atoms with van der Waals surface area (Å²) in [4.78, 5) is 2.55. The summed E-state index contributed by atoms with van der Waals surface area (Å²) in [5, 5.41) is 0. The second-order valence-corrected chi connectivity index (χ2v) is 3.98. The highest BCUT2D eigenvalue weighted by molar-refractivity contribution is 4.94. The Balaban J connectivity index is 2.05. The minimum atomic E-state index is 0.466. The molecule has 3 atom stereocenters. The average Bonchev–Trinajstić information content (AvgIpc) is 2.43. The molecule has 2 rings (SSSR count). The molecular formula is C9H18N2. The number of nitrogens with zero attached hydrogens (tertiary/aromatic N) is 1. The summed E-state index contributed by atoms with van der Waals surface area (Å²) >= 11 is 0. The summed E-state index contributed by atoms with van der Waals surface area (Å²) in [6.07, 6.45) is 4.14. The van der Waals surface area contributed by atoms with Gasteiger partial charge in [-0.1, -0.05) is 6.92 Å². The summed E-state index contributed by atoms with van der Waals surface area (Å²) in [7, 11) is 0. The van der Waals surface area contributed by atoms with E-state index in [2.05, 4.69) is 11.8 Å². The van der Waals surface area contributed by atoms with Crippen LogP contribution >= 0.6 is 0 Å². The van der Waals surface area contributed by atoms with Crippen molar-refractivity contribution in [2.75, 3.05) is 13.1 Å². The second kappa shape index (κ2) is 2.76. The molecule has 2 fully saturated rings. The van der Waals surface area contributed by atoms with E-state index < -0.39 is 0 Å². The van der Waals surface area contributed by atoms with E-state index in [0.717, 1.165) is 18.5 Å². The van der Waals surface area contributed by atoms with E-state index in [9.17, 15) is 0 Å². The Morgan fingerprint density at radius 2 is 2.27 bits per heavy atom. The molecule has 2 heteroatoms. The van der Waals surface area contributed by atoms with E-state index in [0.29, 0.717) is 6.04 Å². The maximum Gasteiger partial charge on any atom is 0.0197 e. The second-order valence-electron chi connectivity index (χ2n) is 3.98. The van der Waals surface area contributed by atoms with Gasteiger partial charge in [0.2, 0.25) is 0 Å². The molecular weight excluding hydrogens is 136 g/mol. The first-order valence-corrected chi connectivity index (χ1v) is 4.81. The van der Waals surface area contributed by atoms with Crippen LogP contribution < -0.4 is 5.73 Å². The lowest BCUT2D eigenvalue weighted by Gasteiger charge is -2.36. The quantitative estimate of drug-likeness (QED) is 0.606. The molecule has 0 aromatic carbocycles. The van der Waals surface area contributed by atoms with Gasteiger partial charge in [0.05, 0.1) is 0 Å². The maximum atomic E-state index is 6.04. The molecule has 1 saturated heterocycles. The highest BCUT2D eigenvalue weighted by Crippen LogP contribution is 2.35. The molecule has 11 heavy (non-hydrogen) atoms. The average molecular weight is 154 g/mol. The van der Waals surface area contributed by atoms with Crippen LogP contribution in [-0.4, -0.2) is 30.1 Å². The molecule has 1 aliphatic heterocycles. The fourth-order valence-electron chi connectivity index (χ4n) is 2.67. The van der Waals surface area contributed by atoms with Crippen molar-refractivity contribution in [3.8, 4) is 0 Å². The van der Waals surface area contributed by atoms with Crippen LogP contribution in [0, 0.1) is 5.92 Å². The number of fused-ring (bicyclic) bond motifs is 2. The fourth-order valence-corrected chi connectivity index (χ4v) is 2.67. The summed E-state index contributed by atoms with van der Waals surface area (Å²) < 4.78 is 0. The molecule has 0 radical (unpaired) electrons. The monoisotopic (exact) mass is 154 g/mol. The highest BCUT2D eigenvalue weighted by atomic mass is 15.2. The normalized spacial score (nSPS) is 44.7. The van der Waals surface area contributed by atoms with Crippen LogP contribution in [0.2, 0.25) is 0 Å². The Kier molecular flexibility index (Phi) is 1.90. The molecule has 2 bridgehead atoms. The van der Waals surface area contributed by atoms with Crippen LogP contribution in [0.5, 0.6) is 0 Å². The van der Waals surface area contributed by atoms with Crippen molar-refractivity contribution < 1.29 is 0 Å². The van der Waals surface area contributed by atoms with Crippen molar-refractivity contribution in [2.45, 2.75) is 38.3 Å². The number of hydrogen-bond donors (Lipinski definition) is 1. The van der Waals surface area contributed by atoms with Crippen molar-refractivity contribution in [1.82, 2.24) is 4.90 Å². The Labute approximate surface area is 68.7 Å². The standard InChI is InChI=1S/C9H18N2/c1-2-11-6-9(10)7-3-4-8(11)5-7/h7-9H,2-6,10H2,1H3. The highest BCUT2D eigenvalue weighted by Gasteiger charge is 2.37. The maximum absolute atomic E-state index is 6.04. The summed E-state index contributed by atoms with van der Waals surface area (Å²) in [5.74, 6) is 0.850. The van der Waals surface area contributed by atoms with E-state index in [1.807, 2.05) is 0 Å². The fraction of sp³-hybridized carbons (Fsp3) is 1.00. The zero-order chi connectivity index (χ0) is 7.84. The predicted octanol–water partition coefficient (Wildman–Crippen LogP) is 0.818. The number of likely N-dealkylation sites (N-methyl/N-ethyl adjacent to an activating group) is 1. The van der Waals surface area contributed by atoms with Gasteiger partial charge in [0, 0.05) is 18.6 Å². The van der Waals surface area contributed by atoms with Gasteiger partial charge in [-0.3, -0.25) is 4.90 Å². The number of rotatable bonds is 1. The van der Waals surface area contributed by atoms with Gasteiger partial charge < -0.3 is 5.73 Å². The van der Waals surface area contributed by atoms with Crippen LogP contribution in [0.3, 0.4) is 0 Å². The van der Waals surface area contributed by atoms with Crippen molar-refractivity contribution in [3.05, 3.63) is 0 Å². The van der Waals surface area contributed by atoms with Crippen molar-refractivity contribution in [3.63, 3.8) is 0 Å². The molecule has 1 heterocycles. The third kappa shape index (κ3) is 1.18. The van der Waals surface area contributed by atoms with Crippen LogP contribution in [0.4, 0.5) is 0 Å². The molecule has 1 saturated carbocycles. The van der Waals surface area contributed by atoms with Crippen molar-refractivity contribution in [1.29, 1.82) is 0 Å². The molecule has 0 aromatic rings. The van der Waals surface area contributed by atoms with Gasteiger partial charge in [-0.2, -0.15) is 0 Å². The van der Waals surface area contributed by atoms with Gasteiger partial charge in [-0.15, -0.1) is 0 Å². The number of hydrogen-bond acceptors (Lipinski definition) is 2. The summed E-state index contributed by atoms with van der Waals surface area (Å²) in [6, 6.07) is 1.35. The summed E-state index contributed by atoms with van der Waals surface area (Å²) in [6.45, 7) is 4.57. The van der Waals surface area contributed by atoms with E-state index in [4.69, 9.17) is 5.73 Å². The molecule has 3 unspecified atom stereocenters. The van der Waals surface area contributed by atoms with E-state index in [1.54, 1.807) is 0 Å². The first-order chi connectivity index (χ1) is 5.31. The van der Waals surface area contributed by atoms with E-state index in [1.165, 1.54) is 25.8 Å². The van der Waals surface area contributed by atoms with Crippen LogP contribution in [-0.2, 0) is 0 Å². The number of likely N-dealkylation sites (tertiary alicyclic amines) is 1. The first-order valence-electron chi connectivity index (χ1n) is 4.81. The van der Waals surface area contributed by atoms with Crippen molar-refractivity contribution >= 4 is 0 Å². The Bertz CT molecular complexity index is 146. The number of nitrogens with two attached hydrogens (primary N) is 1. The van der Waals surface area contributed by atoms with Crippen LogP contribution in [0.1, 0.15) is 26.2 Å². The lowest BCUT2D eigenvalue weighted by atomic mass is 9.94. The molecule has 2 N–H and O–H groups in total. The Morgan fingerprint density at radius 1 is 1.45 bits per heavy atom. The lowest BCUT2D eigenvalue weighted by Crippen LogP contribution is -2.49. The van der Waals surface area contributed by atoms with E-state index >= 15 is 0 Å². The minimum Gasteiger partial charge on any atom is -0.326 e. The molecule has 64 valence electrons. The van der Waals surface area contributed by atoms with Gasteiger partial charge in [0.25, 0.3) is 0 Å². The third-order valence-electron chi connectivity index (χ3n) is 3.42. The molecule has 0 aromatic heterocycles. The smallest absolute Gasteiger partial charge is 0.0197 e. The molecule has 0 amide bonds. The van der Waals surface area contributed by atoms with Gasteiger partial charge in [0.15, 0.2) is 0 Å². The van der Waals surface area contributed by atoms with Crippen LogP contribution in [0.25, 0.3) is 0 Å². The minimum absolute atomic E-state index is 0.466. The Hall–Kier alpha value is -0.0800.